The van der Waals surface area contributed by atoms with Crippen LogP contribution < -0.4 is 14.4 Å². The lowest BCUT2D eigenvalue weighted by molar-refractivity contribution is -0.119. The molecule has 0 unspecified atom stereocenters. The second-order valence-corrected chi connectivity index (χ2v) is 9.36. The molecule has 0 radical (unpaired) electrons. The molecular weight excluding hydrogens is 402 g/mol. The number of likely N-dealkylation sites (tertiary alicyclic amines) is 1. The smallest absolute Gasteiger partial charge is 0.240 e. The number of nitrogens with zero attached hydrogens (tertiary/aromatic N) is 2. The molecule has 0 saturated carbocycles. The van der Waals surface area contributed by atoms with E-state index in [-0.39, 0.29) is 17.5 Å². The maximum atomic E-state index is 12.3. The van der Waals surface area contributed by atoms with Gasteiger partial charge >= 0.3 is 0 Å². The predicted molar refractivity (Wildman–Crippen MR) is 113 cm³/mol. The van der Waals surface area contributed by atoms with Crippen molar-refractivity contribution >= 4 is 33.2 Å². The third-order valence-electron chi connectivity index (χ3n) is 4.78. The highest BCUT2D eigenvalue weighted by Gasteiger charge is 2.21. The molecule has 1 amide bonds. The molecule has 0 aromatic heterocycles. The van der Waals surface area contributed by atoms with Crippen LogP contribution in [0.1, 0.15) is 32.1 Å². The first-order valence-corrected chi connectivity index (χ1v) is 11.8. The number of sulfonamides is 1. The summed E-state index contributed by atoms with van der Waals surface area (Å²) in [7, 11) is -2.16. The van der Waals surface area contributed by atoms with Gasteiger partial charge in [0, 0.05) is 6.54 Å². The van der Waals surface area contributed by atoms with Crippen LogP contribution in [0.2, 0.25) is 5.02 Å². The Morgan fingerprint density at radius 1 is 1.25 bits per heavy atom. The average Bonchev–Trinajstić information content (AvgIpc) is 2.91. The average molecular weight is 432 g/mol. The number of benzene rings is 1. The van der Waals surface area contributed by atoms with Crippen molar-refractivity contribution in [3.05, 3.63) is 23.2 Å². The minimum absolute atomic E-state index is 0.284. The van der Waals surface area contributed by atoms with Gasteiger partial charge in [-0.05, 0) is 57.1 Å². The SMILES string of the molecule is COc1ccc(N(CC(=O)NCCCN2CCCCCC2)S(C)(=O)=O)cc1Cl. The number of carbonyl (C=O) groups is 1. The molecule has 1 aromatic carbocycles. The van der Waals surface area contributed by atoms with E-state index >= 15 is 0 Å². The number of nitrogens with one attached hydrogen (secondary N) is 1. The van der Waals surface area contributed by atoms with Gasteiger partial charge in [-0.15, -0.1) is 0 Å². The number of methoxy groups -OCH3 is 1. The number of hydrogen-bond acceptors (Lipinski definition) is 5. The highest BCUT2D eigenvalue weighted by molar-refractivity contribution is 7.92. The van der Waals surface area contributed by atoms with Gasteiger partial charge in [0.25, 0.3) is 0 Å². The van der Waals surface area contributed by atoms with Gasteiger partial charge in [0.05, 0.1) is 24.1 Å². The molecule has 1 aromatic rings. The van der Waals surface area contributed by atoms with Crippen LogP contribution >= 0.6 is 11.6 Å². The fraction of sp³-hybridized carbons (Fsp3) is 0.632. The van der Waals surface area contributed by atoms with E-state index in [0.717, 1.165) is 36.6 Å². The summed E-state index contributed by atoms with van der Waals surface area (Å²) in [6.45, 7) is 3.42. The molecule has 0 aliphatic carbocycles. The van der Waals surface area contributed by atoms with E-state index in [1.54, 1.807) is 12.1 Å². The summed E-state index contributed by atoms with van der Waals surface area (Å²) in [6, 6.07) is 4.63. The summed E-state index contributed by atoms with van der Waals surface area (Å²) in [5, 5.41) is 3.10. The number of rotatable bonds is 9. The van der Waals surface area contributed by atoms with Crippen molar-refractivity contribution < 1.29 is 17.9 Å². The Hall–Kier alpha value is -1.51. The van der Waals surface area contributed by atoms with Gasteiger partial charge < -0.3 is 15.0 Å². The third-order valence-corrected chi connectivity index (χ3v) is 6.22. The fourth-order valence-corrected chi connectivity index (χ4v) is 4.39. The van der Waals surface area contributed by atoms with Crippen LogP contribution in [0, 0.1) is 0 Å². The Morgan fingerprint density at radius 3 is 2.50 bits per heavy atom. The quantitative estimate of drug-likeness (QED) is 0.608. The van der Waals surface area contributed by atoms with Crippen LogP contribution in [-0.4, -0.2) is 65.3 Å². The maximum Gasteiger partial charge on any atom is 0.240 e. The monoisotopic (exact) mass is 431 g/mol. The van der Waals surface area contributed by atoms with E-state index < -0.39 is 10.0 Å². The Labute approximate surface area is 173 Å². The van der Waals surface area contributed by atoms with Gasteiger partial charge in [0.15, 0.2) is 0 Å². The molecule has 28 heavy (non-hydrogen) atoms. The first-order valence-electron chi connectivity index (χ1n) is 9.61. The van der Waals surface area contributed by atoms with Gasteiger partial charge in [-0.1, -0.05) is 24.4 Å². The first-order chi connectivity index (χ1) is 13.3. The van der Waals surface area contributed by atoms with Crippen LogP contribution in [0.15, 0.2) is 18.2 Å². The minimum Gasteiger partial charge on any atom is -0.495 e. The summed E-state index contributed by atoms with van der Waals surface area (Å²) in [5.41, 5.74) is 0.327. The van der Waals surface area contributed by atoms with E-state index in [2.05, 4.69) is 10.2 Å². The summed E-state index contributed by atoms with van der Waals surface area (Å²) < 4.78 is 30.5. The summed E-state index contributed by atoms with van der Waals surface area (Å²) in [4.78, 5) is 14.7. The molecular formula is C19H30ClN3O4S. The Kier molecular flexibility index (Phi) is 8.85. The second kappa shape index (κ2) is 10.9. The Bertz CT molecular complexity index is 750. The molecule has 0 spiro atoms. The van der Waals surface area contributed by atoms with Crippen molar-refractivity contribution in [3.8, 4) is 5.75 Å². The molecule has 1 aliphatic rings. The molecule has 0 bridgehead atoms. The van der Waals surface area contributed by atoms with Crippen LogP contribution in [-0.2, 0) is 14.8 Å². The summed E-state index contributed by atoms with van der Waals surface area (Å²) >= 11 is 6.10. The molecule has 7 nitrogen and oxygen atoms in total. The van der Waals surface area contributed by atoms with Crippen molar-refractivity contribution in [2.75, 3.05) is 50.4 Å². The Balaban J connectivity index is 1.88. The van der Waals surface area contributed by atoms with Crippen molar-refractivity contribution in [1.29, 1.82) is 0 Å². The summed E-state index contributed by atoms with van der Waals surface area (Å²) in [6.07, 6.45) is 6.98. The lowest BCUT2D eigenvalue weighted by atomic mass is 10.2. The van der Waals surface area contributed by atoms with Crippen LogP contribution in [0.3, 0.4) is 0 Å². The standard InChI is InChI=1S/C19H30ClN3O4S/c1-27-18-9-8-16(14-17(18)20)23(28(2,25)26)15-19(24)21-10-7-13-22-11-5-3-4-6-12-22/h8-9,14H,3-7,10-13,15H2,1-2H3,(H,21,24). The van der Waals surface area contributed by atoms with E-state index in [4.69, 9.17) is 16.3 Å². The van der Waals surface area contributed by atoms with Crippen LogP contribution in [0.4, 0.5) is 5.69 Å². The molecule has 1 N–H and O–H groups in total. The minimum atomic E-state index is -3.64. The number of halogens is 1. The topological polar surface area (TPSA) is 79.0 Å². The summed E-state index contributed by atoms with van der Waals surface area (Å²) in [5.74, 6) is 0.102. The van der Waals surface area contributed by atoms with Crippen molar-refractivity contribution in [2.24, 2.45) is 0 Å². The second-order valence-electron chi connectivity index (χ2n) is 7.05. The lowest BCUT2D eigenvalue weighted by Gasteiger charge is -2.23. The zero-order valence-electron chi connectivity index (χ0n) is 16.6. The molecule has 1 saturated heterocycles. The largest absolute Gasteiger partial charge is 0.495 e. The fourth-order valence-electron chi connectivity index (χ4n) is 3.29. The highest BCUT2D eigenvalue weighted by Crippen LogP contribution is 2.30. The molecule has 0 atom stereocenters. The number of amides is 1. The van der Waals surface area contributed by atoms with Crippen LogP contribution in [0.5, 0.6) is 5.75 Å². The van der Waals surface area contributed by atoms with E-state index in [0.29, 0.717) is 18.0 Å². The van der Waals surface area contributed by atoms with Gasteiger partial charge in [-0.25, -0.2) is 8.42 Å². The molecule has 158 valence electrons. The van der Waals surface area contributed by atoms with Gasteiger partial charge in [-0.2, -0.15) is 0 Å². The molecule has 1 fully saturated rings. The number of carbonyl (C=O) groups excluding carboxylic acids is 1. The van der Waals surface area contributed by atoms with Gasteiger partial charge in [-0.3, -0.25) is 9.10 Å². The van der Waals surface area contributed by atoms with E-state index in [1.807, 2.05) is 0 Å². The molecule has 1 heterocycles. The van der Waals surface area contributed by atoms with Crippen LogP contribution in [0.25, 0.3) is 0 Å². The Morgan fingerprint density at radius 2 is 1.93 bits per heavy atom. The van der Waals surface area contributed by atoms with E-state index in [9.17, 15) is 13.2 Å². The zero-order valence-corrected chi connectivity index (χ0v) is 18.2. The third kappa shape index (κ3) is 7.14. The van der Waals surface area contributed by atoms with Crippen molar-refractivity contribution in [1.82, 2.24) is 10.2 Å². The normalized spacial score (nSPS) is 15.7. The maximum absolute atomic E-state index is 12.3. The lowest BCUT2D eigenvalue weighted by Crippen LogP contribution is -2.41. The molecule has 9 heteroatoms. The first kappa shape index (κ1) is 22.8. The van der Waals surface area contributed by atoms with Gasteiger partial charge in [0.2, 0.25) is 15.9 Å². The number of ether oxygens (including phenoxy) is 1. The number of anilines is 1. The molecule has 1 aliphatic heterocycles. The number of hydrogen-bond donors (Lipinski definition) is 1. The van der Waals surface area contributed by atoms with E-state index in [1.165, 1.54) is 38.9 Å². The predicted octanol–water partition coefficient (Wildman–Crippen LogP) is 2.50. The van der Waals surface area contributed by atoms with Crippen molar-refractivity contribution in [2.45, 2.75) is 32.1 Å². The van der Waals surface area contributed by atoms with Crippen molar-refractivity contribution in [3.63, 3.8) is 0 Å². The highest BCUT2D eigenvalue weighted by atomic mass is 35.5. The molecule has 2 rings (SSSR count). The van der Waals surface area contributed by atoms with Gasteiger partial charge in [0.1, 0.15) is 12.3 Å². The zero-order chi connectivity index (χ0) is 20.6.